The molecule has 5 heteroatoms. The molecule has 2 bridgehead atoms. The summed E-state index contributed by atoms with van der Waals surface area (Å²) in [6.07, 6.45) is 2.95. The zero-order valence-electron chi connectivity index (χ0n) is 9.09. The van der Waals surface area contributed by atoms with Crippen LogP contribution in [0, 0.1) is 17.6 Å². The average Bonchev–Trinajstić information content (AvgIpc) is 2.17. The molecule has 4 rings (SSSR count). The van der Waals surface area contributed by atoms with Crippen LogP contribution in [0.1, 0.15) is 29.6 Å². The molecule has 0 spiro atoms. The van der Waals surface area contributed by atoms with E-state index < -0.39 is 23.2 Å². The Morgan fingerprint density at radius 1 is 1.29 bits per heavy atom. The summed E-state index contributed by atoms with van der Waals surface area (Å²) in [4.78, 5) is 11.8. The molecule has 0 aromatic heterocycles. The predicted molar refractivity (Wildman–Crippen MR) is 58.3 cm³/mol. The molecule has 3 nitrogen and oxygen atoms in total. The summed E-state index contributed by atoms with van der Waals surface area (Å²) in [5, 5.41) is 2.84. The lowest BCUT2D eigenvalue weighted by Gasteiger charge is -2.61. The Morgan fingerprint density at radius 2 is 1.82 bits per heavy atom. The van der Waals surface area contributed by atoms with Crippen LogP contribution in [0.2, 0.25) is 0 Å². The summed E-state index contributed by atoms with van der Waals surface area (Å²) >= 11 is 0. The standard InChI is InChI=1S/C12H12F2N2O/c13-8-1-7(2-9(14)10(8)15)11(17)16-12-3-6(4-12)5-12/h1-2,6H,3-5,15H2,(H,16,17). The number of amides is 1. The summed E-state index contributed by atoms with van der Waals surface area (Å²) in [7, 11) is 0. The molecule has 0 atom stereocenters. The Kier molecular flexibility index (Phi) is 1.97. The van der Waals surface area contributed by atoms with Crippen molar-refractivity contribution in [2.75, 3.05) is 5.73 Å². The van der Waals surface area contributed by atoms with Crippen LogP contribution < -0.4 is 11.1 Å². The third-order valence-electron chi connectivity index (χ3n) is 3.76. The van der Waals surface area contributed by atoms with Gasteiger partial charge in [-0.25, -0.2) is 8.78 Å². The minimum Gasteiger partial charge on any atom is -0.394 e. The lowest BCUT2D eigenvalue weighted by Crippen LogP contribution is -2.68. The molecule has 90 valence electrons. The highest BCUT2D eigenvalue weighted by molar-refractivity contribution is 5.95. The van der Waals surface area contributed by atoms with Crippen molar-refractivity contribution in [2.45, 2.75) is 24.8 Å². The second-order valence-corrected chi connectivity index (χ2v) is 5.07. The van der Waals surface area contributed by atoms with Gasteiger partial charge < -0.3 is 11.1 Å². The molecule has 1 aromatic carbocycles. The van der Waals surface area contributed by atoms with Gasteiger partial charge in [-0.3, -0.25) is 4.79 Å². The molecule has 0 saturated heterocycles. The molecule has 1 aromatic rings. The van der Waals surface area contributed by atoms with Crippen molar-refractivity contribution < 1.29 is 13.6 Å². The second kappa shape index (κ2) is 3.18. The minimum absolute atomic E-state index is 0.0149. The van der Waals surface area contributed by atoms with Crippen molar-refractivity contribution in [1.82, 2.24) is 5.32 Å². The van der Waals surface area contributed by atoms with Gasteiger partial charge in [-0.2, -0.15) is 0 Å². The van der Waals surface area contributed by atoms with Crippen LogP contribution in [0.3, 0.4) is 0 Å². The van der Waals surface area contributed by atoms with Crippen molar-refractivity contribution >= 4 is 11.6 Å². The normalized spacial score (nSPS) is 29.2. The Bertz CT molecular complexity index is 475. The first-order chi connectivity index (χ1) is 7.99. The van der Waals surface area contributed by atoms with E-state index in [2.05, 4.69) is 5.32 Å². The zero-order valence-corrected chi connectivity index (χ0v) is 9.09. The quantitative estimate of drug-likeness (QED) is 0.772. The summed E-state index contributed by atoms with van der Waals surface area (Å²) in [6, 6.07) is 1.94. The van der Waals surface area contributed by atoms with Gasteiger partial charge in [0.2, 0.25) is 0 Å². The number of benzene rings is 1. The predicted octanol–water partition coefficient (Wildman–Crippen LogP) is 1.83. The number of rotatable bonds is 2. The average molecular weight is 238 g/mol. The molecule has 3 aliphatic carbocycles. The topological polar surface area (TPSA) is 55.1 Å². The van der Waals surface area contributed by atoms with E-state index in [1.807, 2.05) is 0 Å². The molecule has 3 N–H and O–H groups in total. The first-order valence-corrected chi connectivity index (χ1v) is 5.56. The van der Waals surface area contributed by atoms with E-state index in [1.54, 1.807) is 0 Å². The van der Waals surface area contributed by atoms with Crippen LogP contribution in [0.5, 0.6) is 0 Å². The fourth-order valence-corrected chi connectivity index (χ4v) is 2.66. The van der Waals surface area contributed by atoms with E-state index in [1.165, 1.54) is 0 Å². The van der Waals surface area contributed by atoms with Crippen molar-refractivity contribution in [3.8, 4) is 0 Å². The van der Waals surface area contributed by atoms with Crippen molar-refractivity contribution in [3.63, 3.8) is 0 Å². The summed E-state index contributed by atoms with van der Waals surface area (Å²) in [5.74, 6) is -1.49. The van der Waals surface area contributed by atoms with Gasteiger partial charge in [0.15, 0.2) is 0 Å². The number of carbonyl (C=O) groups excluding carboxylic acids is 1. The maximum absolute atomic E-state index is 13.2. The number of anilines is 1. The Labute approximate surface area is 97.0 Å². The number of carbonyl (C=O) groups is 1. The number of halogens is 2. The monoisotopic (exact) mass is 238 g/mol. The highest BCUT2D eigenvalue weighted by atomic mass is 19.1. The number of nitrogen functional groups attached to an aromatic ring is 1. The smallest absolute Gasteiger partial charge is 0.251 e. The molecule has 0 heterocycles. The molecule has 3 saturated carbocycles. The van der Waals surface area contributed by atoms with Crippen molar-refractivity contribution in [1.29, 1.82) is 0 Å². The van der Waals surface area contributed by atoms with Crippen LogP contribution in [-0.4, -0.2) is 11.4 Å². The molecule has 3 aliphatic rings. The van der Waals surface area contributed by atoms with E-state index in [-0.39, 0.29) is 11.1 Å². The van der Waals surface area contributed by atoms with Gasteiger partial charge in [0, 0.05) is 11.1 Å². The molecule has 17 heavy (non-hydrogen) atoms. The number of nitrogens with two attached hydrogens (primary N) is 1. The van der Waals surface area contributed by atoms with Crippen molar-refractivity contribution in [2.24, 2.45) is 5.92 Å². The maximum atomic E-state index is 13.2. The third-order valence-corrected chi connectivity index (χ3v) is 3.76. The van der Waals surface area contributed by atoms with Gasteiger partial charge in [-0.05, 0) is 37.3 Å². The van der Waals surface area contributed by atoms with Crippen LogP contribution in [-0.2, 0) is 0 Å². The van der Waals surface area contributed by atoms with Crippen LogP contribution in [0.15, 0.2) is 12.1 Å². The summed E-state index contributed by atoms with van der Waals surface area (Å²) in [5.41, 5.74) is 4.48. The van der Waals surface area contributed by atoms with E-state index in [0.29, 0.717) is 0 Å². The van der Waals surface area contributed by atoms with Crippen LogP contribution >= 0.6 is 0 Å². The largest absolute Gasteiger partial charge is 0.394 e. The number of nitrogens with one attached hydrogen (secondary N) is 1. The Hall–Kier alpha value is -1.65. The van der Waals surface area contributed by atoms with E-state index in [9.17, 15) is 13.6 Å². The molecule has 0 aliphatic heterocycles. The molecule has 3 fully saturated rings. The zero-order chi connectivity index (χ0) is 12.2. The Morgan fingerprint density at radius 3 is 2.24 bits per heavy atom. The van der Waals surface area contributed by atoms with E-state index in [0.717, 1.165) is 37.3 Å². The molecular weight excluding hydrogens is 226 g/mol. The highest BCUT2D eigenvalue weighted by Crippen LogP contribution is 2.56. The van der Waals surface area contributed by atoms with Gasteiger partial charge in [-0.1, -0.05) is 0 Å². The molecule has 0 unspecified atom stereocenters. The van der Waals surface area contributed by atoms with Crippen LogP contribution in [0.25, 0.3) is 0 Å². The molecule has 1 amide bonds. The van der Waals surface area contributed by atoms with Gasteiger partial charge in [0.1, 0.15) is 17.3 Å². The van der Waals surface area contributed by atoms with Gasteiger partial charge in [-0.15, -0.1) is 0 Å². The molecular formula is C12H12F2N2O. The highest BCUT2D eigenvalue weighted by Gasteiger charge is 2.57. The van der Waals surface area contributed by atoms with Gasteiger partial charge in [0.25, 0.3) is 5.91 Å². The third kappa shape index (κ3) is 1.49. The second-order valence-electron chi connectivity index (χ2n) is 5.07. The van der Waals surface area contributed by atoms with E-state index >= 15 is 0 Å². The number of hydrogen-bond donors (Lipinski definition) is 2. The minimum atomic E-state index is -0.896. The Balaban J connectivity index is 1.81. The fourth-order valence-electron chi connectivity index (χ4n) is 2.66. The number of hydrogen-bond acceptors (Lipinski definition) is 2. The van der Waals surface area contributed by atoms with Crippen molar-refractivity contribution in [3.05, 3.63) is 29.3 Å². The van der Waals surface area contributed by atoms with Gasteiger partial charge >= 0.3 is 0 Å². The van der Waals surface area contributed by atoms with E-state index in [4.69, 9.17) is 5.73 Å². The van der Waals surface area contributed by atoms with Crippen LogP contribution in [0.4, 0.5) is 14.5 Å². The summed E-state index contributed by atoms with van der Waals surface area (Å²) < 4.78 is 26.4. The SMILES string of the molecule is Nc1c(F)cc(C(=O)NC23CC(C2)C3)cc1F. The first kappa shape index (κ1) is 10.5. The first-order valence-electron chi connectivity index (χ1n) is 5.56. The lowest BCUT2D eigenvalue weighted by atomic mass is 9.50. The summed E-state index contributed by atoms with van der Waals surface area (Å²) in [6.45, 7) is 0. The fraction of sp³-hybridized carbons (Fsp3) is 0.417. The lowest BCUT2D eigenvalue weighted by molar-refractivity contribution is -0.0438. The maximum Gasteiger partial charge on any atom is 0.251 e. The molecule has 0 radical (unpaired) electrons. The van der Waals surface area contributed by atoms with Gasteiger partial charge in [0.05, 0.1) is 0 Å².